The van der Waals surface area contributed by atoms with E-state index in [4.69, 9.17) is 16.3 Å². The largest absolute Gasteiger partial charge is 0.495 e. The number of carbonyl (C=O) groups is 1. The van der Waals surface area contributed by atoms with Crippen LogP contribution in [0.3, 0.4) is 0 Å². The summed E-state index contributed by atoms with van der Waals surface area (Å²) in [7, 11) is 1.65. The van der Waals surface area contributed by atoms with E-state index in [2.05, 4.69) is 29.3 Å². The second kappa shape index (κ2) is 8.53. The van der Waals surface area contributed by atoms with E-state index < -0.39 is 0 Å². The van der Waals surface area contributed by atoms with Gasteiger partial charge in [0.1, 0.15) is 5.75 Å². The van der Waals surface area contributed by atoms with Gasteiger partial charge in [-0.25, -0.2) is 4.79 Å². The second-order valence-electron chi connectivity index (χ2n) is 6.89. The van der Waals surface area contributed by atoms with E-state index in [1.54, 1.807) is 7.11 Å². The van der Waals surface area contributed by atoms with Crippen LogP contribution in [0.5, 0.6) is 5.75 Å². The van der Waals surface area contributed by atoms with Crippen molar-refractivity contribution in [3.05, 3.63) is 58.1 Å². The first-order chi connectivity index (χ1) is 13.0. The van der Waals surface area contributed by atoms with E-state index in [0.717, 1.165) is 35.7 Å². The molecule has 2 aromatic carbocycles. The van der Waals surface area contributed by atoms with Gasteiger partial charge in [0, 0.05) is 43.8 Å². The van der Waals surface area contributed by atoms with Crippen LogP contribution in [0.1, 0.15) is 16.7 Å². The average Bonchev–Trinajstić information content (AvgIpc) is 2.69. The molecular formula is C21H26ClN3O2. The maximum Gasteiger partial charge on any atom is 0.317 e. The number of aryl methyl sites for hydroxylation is 2. The number of rotatable bonds is 4. The van der Waals surface area contributed by atoms with E-state index >= 15 is 0 Å². The third-order valence-corrected chi connectivity index (χ3v) is 5.34. The zero-order chi connectivity index (χ0) is 19.4. The van der Waals surface area contributed by atoms with Crippen molar-refractivity contribution in [2.45, 2.75) is 20.4 Å². The first-order valence-corrected chi connectivity index (χ1v) is 9.53. The minimum atomic E-state index is -0.0190. The summed E-state index contributed by atoms with van der Waals surface area (Å²) in [5.41, 5.74) is 4.37. The molecule has 0 radical (unpaired) electrons. The van der Waals surface area contributed by atoms with Gasteiger partial charge in [-0.1, -0.05) is 41.4 Å². The first kappa shape index (κ1) is 19.4. The zero-order valence-corrected chi connectivity index (χ0v) is 16.8. The quantitative estimate of drug-likeness (QED) is 0.862. The fourth-order valence-electron chi connectivity index (χ4n) is 3.20. The third kappa shape index (κ3) is 4.66. The summed E-state index contributed by atoms with van der Waals surface area (Å²) in [4.78, 5) is 16.6. The molecule has 1 N–H and O–H groups in total. The molecule has 1 aliphatic rings. The minimum Gasteiger partial charge on any atom is -0.495 e. The van der Waals surface area contributed by atoms with Crippen molar-refractivity contribution >= 4 is 23.3 Å². The van der Waals surface area contributed by atoms with Crippen molar-refractivity contribution < 1.29 is 9.53 Å². The van der Waals surface area contributed by atoms with Crippen molar-refractivity contribution in [2.24, 2.45) is 0 Å². The number of nitrogens with one attached hydrogen (secondary N) is 1. The van der Waals surface area contributed by atoms with Gasteiger partial charge in [-0.05, 0) is 31.0 Å². The summed E-state index contributed by atoms with van der Waals surface area (Å²) in [6.07, 6.45) is 0. The van der Waals surface area contributed by atoms with Crippen molar-refractivity contribution in [1.82, 2.24) is 10.2 Å². The van der Waals surface area contributed by atoms with Crippen LogP contribution in [0.15, 0.2) is 36.4 Å². The van der Waals surface area contributed by atoms with Crippen LogP contribution >= 0.6 is 11.6 Å². The summed E-state index contributed by atoms with van der Waals surface area (Å²) < 4.78 is 5.49. The molecule has 144 valence electrons. The molecule has 0 unspecified atom stereocenters. The van der Waals surface area contributed by atoms with Gasteiger partial charge in [0.25, 0.3) is 0 Å². The molecule has 1 saturated heterocycles. The molecule has 0 aromatic heterocycles. The lowest BCUT2D eigenvalue weighted by Gasteiger charge is -2.36. The highest BCUT2D eigenvalue weighted by atomic mass is 35.5. The molecule has 27 heavy (non-hydrogen) atoms. The Balaban J connectivity index is 1.56. The summed E-state index contributed by atoms with van der Waals surface area (Å²) in [6.45, 7) is 7.45. The number of urea groups is 1. The number of anilines is 1. The topological polar surface area (TPSA) is 44.8 Å². The van der Waals surface area contributed by atoms with Crippen molar-refractivity contribution in [3.63, 3.8) is 0 Å². The predicted molar refractivity (Wildman–Crippen MR) is 110 cm³/mol. The van der Waals surface area contributed by atoms with Crippen molar-refractivity contribution in [1.29, 1.82) is 0 Å². The Morgan fingerprint density at radius 1 is 1.11 bits per heavy atom. The van der Waals surface area contributed by atoms with Gasteiger partial charge in [0.05, 0.1) is 12.8 Å². The van der Waals surface area contributed by atoms with E-state index in [1.807, 2.05) is 36.1 Å². The number of piperazine rings is 1. The van der Waals surface area contributed by atoms with Crippen LogP contribution in [-0.2, 0) is 6.54 Å². The number of halogens is 1. The van der Waals surface area contributed by atoms with Crippen LogP contribution in [0.2, 0.25) is 5.02 Å². The number of hydrogen-bond donors (Lipinski definition) is 1. The molecule has 6 heteroatoms. The molecule has 2 amide bonds. The molecule has 1 heterocycles. The lowest BCUT2D eigenvalue weighted by atomic mass is 10.1. The van der Waals surface area contributed by atoms with E-state index in [1.165, 1.54) is 5.56 Å². The number of hydrogen-bond acceptors (Lipinski definition) is 3. The molecule has 0 spiro atoms. The molecule has 0 aliphatic carbocycles. The molecule has 1 fully saturated rings. The van der Waals surface area contributed by atoms with E-state index in [9.17, 15) is 4.79 Å². The third-order valence-electron chi connectivity index (χ3n) is 4.93. The number of methoxy groups -OCH3 is 1. The average molecular weight is 388 g/mol. The molecule has 3 rings (SSSR count). The van der Waals surface area contributed by atoms with Crippen molar-refractivity contribution in [3.8, 4) is 5.75 Å². The summed E-state index contributed by atoms with van der Waals surface area (Å²) in [5, 5.41) is 3.71. The zero-order valence-electron chi connectivity index (χ0n) is 16.1. The number of benzene rings is 2. The van der Waals surface area contributed by atoms with Gasteiger partial charge in [0.15, 0.2) is 0 Å². The van der Waals surface area contributed by atoms with E-state index in [-0.39, 0.29) is 6.03 Å². The Kier molecular flexibility index (Phi) is 6.11. The highest BCUT2D eigenvalue weighted by Crippen LogP contribution is 2.34. The first-order valence-electron chi connectivity index (χ1n) is 9.15. The SMILES string of the molecule is COc1cc(Cl)c(C)cc1N1CCN(C(=O)NCc2ccc(C)cc2)CC1. The second-order valence-corrected chi connectivity index (χ2v) is 7.30. The maximum absolute atomic E-state index is 12.5. The van der Waals surface area contributed by atoms with Gasteiger partial charge >= 0.3 is 6.03 Å². The number of amides is 2. The van der Waals surface area contributed by atoms with E-state index in [0.29, 0.717) is 24.7 Å². The van der Waals surface area contributed by atoms with Gasteiger partial charge in [-0.2, -0.15) is 0 Å². The lowest BCUT2D eigenvalue weighted by molar-refractivity contribution is 0.194. The highest BCUT2D eigenvalue weighted by molar-refractivity contribution is 6.31. The summed E-state index contributed by atoms with van der Waals surface area (Å²) in [5.74, 6) is 0.767. The summed E-state index contributed by atoms with van der Waals surface area (Å²) >= 11 is 6.20. The molecular weight excluding hydrogens is 362 g/mol. The van der Waals surface area contributed by atoms with Gasteiger partial charge in [-0.3, -0.25) is 0 Å². The van der Waals surface area contributed by atoms with Crippen LogP contribution in [0, 0.1) is 13.8 Å². The number of ether oxygens (including phenoxy) is 1. The Morgan fingerprint density at radius 3 is 2.41 bits per heavy atom. The monoisotopic (exact) mass is 387 g/mol. The van der Waals surface area contributed by atoms with Gasteiger partial charge in [-0.15, -0.1) is 0 Å². The standard InChI is InChI=1S/C21H26ClN3O2/c1-15-4-6-17(7-5-15)14-23-21(26)25-10-8-24(9-11-25)19-12-16(2)18(22)13-20(19)27-3/h4-7,12-13H,8-11,14H2,1-3H3,(H,23,26). The normalized spacial score (nSPS) is 14.2. The van der Waals surface area contributed by atoms with Gasteiger partial charge < -0.3 is 19.9 Å². The maximum atomic E-state index is 12.5. The molecule has 0 bridgehead atoms. The summed E-state index contributed by atoms with van der Waals surface area (Å²) in [6, 6.07) is 12.1. The van der Waals surface area contributed by atoms with Crippen molar-refractivity contribution in [2.75, 3.05) is 38.2 Å². The predicted octanol–water partition coefficient (Wildman–Crippen LogP) is 4.00. The fraction of sp³-hybridized carbons (Fsp3) is 0.381. The minimum absolute atomic E-state index is 0.0190. The number of nitrogens with zero attached hydrogens (tertiary/aromatic N) is 2. The highest BCUT2D eigenvalue weighted by Gasteiger charge is 2.23. The van der Waals surface area contributed by atoms with Crippen LogP contribution in [0.25, 0.3) is 0 Å². The Bertz CT molecular complexity index is 800. The molecule has 0 atom stereocenters. The lowest BCUT2D eigenvalue weighted by Crippen LogP contribution is -2.51. The molecule has 0 saturated carbocycles. The smallest absolute Gasteiger partial charge is 0.317 e. The van der Waals surface area contributed by atoms with Crippen LogP contribution < -0.4 is 15.0 Å². The Hall–Kier alpha value is -2.40. The fourth-order valence-corrected chi connectivity index (χ4v) is 3.36. The molecule has 2 aromatic rings. The van der Waals surface area contributed by atoms with Gasteiger partial charge in [0.2, 0.25) is 0 Å². The van der Waals surface area contributed by atoms with Crippen LogP contribution in [0.4, 0.5) is 10.5 Å². The number of carbonyl (C=O) groups excluding carboxylic acids is 1. The molecule has 5 nitrogen and oxygen atoms in total. The Labute approximate surface area is 165 Å². The van der Waals surface area contributed by atoms with Crippen LogP contribution in [-0.4, -0.2) is 44.2 Å². The Morgan fingerprint density at radius 2 is 1.78 bits per heavy atom. The molecule has 1 aliphatic heterocycles.